The number of aryl methyl sites for hydroxylation is 1. The normalized spacial score (nSPS) is 21.9. The first-order chi connectivity index (χ1) is 12.7. The quantitative estimate of drug-likeness (QED) is 0.803. The van der Waals surface area contributed by atoms with Crippen LogP contribution in [0, 0.1) is 0 Å². The van der Waals surface area contributed by atoms with E-state index in [1.165, 1.54) is 26.2 Å². The number of hydrogen-bond acceptors (Lipinski definition) is 3. The van der Waals surface area contributed by atoms with E-state index in [1.807, 2.05) is 0 Å². The topological polar surface area (TPSA) is 30.3 Å². The molecule has 0 aliphatic rings. The van der Waals surface area contributed by atoms with E-state index < -0.39 is 38.4 Å². The number of nitrogens with zero attached hydrogens (tertiary/aromatic N) is 3. The molecule has 1 unspecified atom stereocenters. The molecule has 1 aromatic heterocycles. The highest BCUT2D eigenvalue weighted by molar-refractivity contribution is 5.25. The van der Waals surface area contributed by atoms with E-state index in [9.17, 15) is 0 Å². The van der Waals surface area contributed by atoms with Gasteiger partial charge in [-0.05, 0) is 25.7 Å². The second kappa shape index (κ2) is 6.50. The fourth-order valence-corrected chi connectivity index (χ4v) is 1.50. The molecule has 2 rings (SSSR count). The summed E-state index contributed by atoms with van der Waals surface area (Å²) in [4.78, 5) is 0.994. The number of benzene rings is 1. The van der Waals surface area contributed by atoms with Crippen LogP contribution in [0.1, 0.15) is 29.7 Å². The number of aromatic nitrogens is 2. The van der Waals surface area contributed by atoms with Gasteiger partial charge in [0, 0.05) is 26.5 Å². The third-order valence-corrected chi connectivity index (χ3v) is 2.36. The van der Waals surface area contributed by atoms with Gasteiger partial charge in [-0.2, -0.15) is 5.10 Å². The Morgan fingerprint density at radius 3 is 2.95 bits per heavy atom. The maximum absolute atomic E-state index is 8.14. The van der Waals surface area contributed by atoms with E-state index in [0.717, 1.165) is 4.90 Å². The Labute approximate surface area is 127 Å². The van der Waals surface area contributed by atoms with Crippen molar-refractivity contribution in [3.8, 4) is 0 Å². The molecule has 0 saturated heterocycles. The van der Waals surface area contributed by atoms with Crippen molar-refractivity contribution in [2.24, 2.45) is 6.98 Å². The molecule has 1 heterocycles. The molecule has 0 bridgehead atoms. The lowest BCUT2D eigenvalue weighted by atomic mass is 10.1. The van der Waals surface area contributed by atoms with Crippen molar-refractivity contribution in [3.63, 3.8) is 0 Å². The van der Waals surface area contributed by atoms with Gasteiger partial charge in [-0.15, -0.1) is 0 Å². The summed E-state index contributed by atoms with van der Waals surface area (Å²) < 4.78 is 77.0. The minimum absolute atomic E-state index is 0.292. The predicted molar refractivity (Wildman–Crippen MR) is 76.0 cm³/mol. The molecule has 1 atom stereocenters. The lowest BCUT2D eigenvalue weighted by molar-refractivity contribution is 0.0638. The zero-order valence-corrected chi connectivity index (χ0v) is 10.7. The molecule has 0 aliphatic heterocycles. The molecule has 102 valence electrons. The third kappa shape index (κ3) is 3.66. The number of likely N-dealkylation sites (N-methyl/N-ethyl adjacent to an activating group) is 1. The Morgan fingerprint density at radius 2 is 2.26 bits per heavy atom. The molecule has 0 N–H and O–H groups in total. The van der Waals surface area contributed by atoms with Crippen molar-refractivity contribution in [2.45, 2.75) is 6.10 Å². The number of rotatable bonds is 6. The van der Waals surface area contributed by atoms with Crippen molar-refractivity contribution in [1.29, 1.82) is 0 Å². The fraction of sp³-hybridized carbons (Fsp3) is 0.400. The average molecular weight is 268 g/mol. The second-order valence-corrected chi connectivity index (χ2v) is 4.05. The van der Waals surface area contributed by atoms with Crippen LogP contribution in [0.15, 0.2) is 42.5 Å². The molecular formula is C15H21N3O. The van der Waals surface area contributed by atoms with Crippen LogP contribution < -0.4 is 0 Å². The van der Waals surface area contributed by atoms with Gasteiger partial charge in [0.15, 0.2) is 0 Å². The highest BCUT2D eigenvalue weighted by atomic mass is 16.5. The molecule has 0 amide bonds. The number of hydrogen-bond donors (Lipinski definition) is 0. The van der Waals surface area contributed by atoms with Crippen molar-refractivity contribution >= 4 is 0 Å². The standard InChI is InChI=1S/C15H21N3O/c1-17(2)11-12-19-15(13-7-5-4-6-8-13)14-9-10-16-18(14)3/h4-10,15H,11-12H2,1-3H3/i3D3,9D,10D,11D2,12D2. The highest BCUT2D eigenvalue weighted by Crippen LogP contribution is 2.25. The maximum Gasteiger partial charge on any atom is 0.124 e. The Hall–Kier alpha value is -1.65. The summed E-state index contributed by atoms with van der Waals surface area (Å²) in [6.45, 7) is -8.31. The van der Waals surface area contributed by atoms with Gasteiger partial charge in [-0.25, -0.2) is 0 Å². The Bertz CT molecular complexity index is 818. The third-order valence-electron chi connectivity index (χ3n) is 2.36. The molecule has 4 heteroatoms. The van der Waals surface area contributed by atoms with Crippen LogP contribution in [0.25, 0.3) is 0 Å². The van der Waals surface area contributed by atoms with Crippen LogP contribution in [0.5, 0.6) is 0 Å². The van der Waals surface area contributed by atoms with Gasteiger partial charge in [0.25, 0.3) is 0 Å². The molecule has 0 aliphatic carbocycles. The Kier molecular flexibility index (Phi) is 2.12. The van der Waals surface area contributed by atoms with Crippen LogP contribution in [0.2, 0.25) is 0 Å². The van der Waals surface area contributed by atoms with Crippen molar-refractivity contribution in [2.75, 3.05) is 27.2 Å². The van der Waals surface area contributed by atoms with E-state index in [-0.39, 0.29) is 5.69 Å². The van der Waals surface area contributed by atoms with E-state index in [2.05, 4.69) is 5.10 Å². The molecule has 0 spiro atoms. The number of ether oxygens (including phenoxy) is 1. The van der Waals surface area contributed by atoms with Crippen LogP contribution in [-0.4, -0.2) is 41.8 Å². The minimum Gasteiger partial charge on any atom is -0.366 e. The van der Waals surface area contributed by atoms with Crippen LogP contribution in [-0.2, 0) is 11.7 Å². The highest BCUT2D eigenvalue weighted by Gasteiger charge is 2.17. The summed E-state index contributed by atoms with van der Waals surface area (Å²) in [5.74, 6) is 0. The van der Waals surface area contributed by atoms with E-state index >= 15 is 0 Å². The molecule has 0 radical (unpaired) electrons. The van der Waals surface area contributed by atoms with Crippen LogP contribution in [0.3, 0.4) is 0 Å². The molecule has 19 heavy (non-hydrogen) atoms. The Balaban J connectivity index is 2.68. The molecule has 0 fully saturated rings. The van der Waals surface area contributed by atoms with Crippen molar-refractivity contribution in [1.82, 2.24) is 14.7 Å². The summed E-state index contributed by atoms with van der Waals surface area (Å²) in [7, 11) is 2.67. The van der Waals surface area contributed by atoms with Gasteiger partial charge in [0.1, 0.15) is 6.10 Å². The maximum atomic E-state index is 8.14. The molecule has 4 nitrogen and oxygen atoms in total. The van der Waals surface area contributed by atoms with Gasteiger partial charge in [0.2, 0.25) is 0 Å². The minimum atomic E-state index is -2.89. The van der Waals surface area contributed by atoms with Crippen molar-refractivity contribution in [3.05, 3.63) is 53.8 Å². The molecule has 1 aromatic carbocycles. The van der Waals surface area contributed by atoms with Gasteiger partial charge in [0.05, 0.1) is 17.7 Å². The summed E-state index contributed by atoms with van der Waals surface area (Å²) in [6.07, 6.45) is -2.09. The summed E-state index contributed by atoms with van der Waals surface area (Å²) in [6, 6.07) is 7.45. The zero-order valence-electron chi connectivity index (χ0n) is 19.7. The smallest absolute Gasteiger partial charge is 0.124 e. The largest absolute Gasteiger partial charge is 0.366 e. The van der Waals surface area contributed by atoms with Crippen LogP contribution >= 0.6 is 0 Å². The van der Waals surface area contributed by atoms with Gasteiger partial charge in [-0.1, -0.05) is 30.3 Å². The first-order valence-corrected chi connectivity index (χ1v) is 5.67. The summed E-state index contributed by atoms with van der Waals surface area (Å²) in [5.41, 5.74) is -0.0607. The molecule has 0 saturated carbocycles. The van der Waals surface area contributed by atoms with E-state index in [4.69, 9.17) is 17.1 Å². The Morgan fingerprint density at radius 1 is 1.47 bits per heavy atom. The van der Waals surface area contributed by atoms with Crippen LogP contribution in [0.4, 0.5) is 0 Å². The molecule has 2 aromatic rings. The zero-order chi connectivity index (χ0) is 21.5. The van der Waals surface area contributed by atoms with E-state index in [0.29, 0.717) is 10.2 Å². The first kappa shape index (κ1) is 6.20. The van der Waals surface area contributed by atoms with Gasteiger partial charge in [-0.3, -0.25) is 4.68 Å². The molecular weight excluding hydrogens is 238 g/mol. The van der Waals surface area contributed by atoms with Gasteiger partial charge < -0.3 is 9.64 Å². The second-order valence-electron chi connectivity index (χ2n) is 4.05. The monoisotopic (exact) mass is 268 g/mol. The summed E-state index contributed by atoms with van der Waals surface area (Å²) >= 11 is 0. The van der Waals surface area contributed by atoms with Crippen molar-refractivity contribution < 1.29 is 17.1 Å². The average Bonchev–Trinajstić information content (AvgIpc) is 2.88. The lowest BCUT2D eigenvalue weighted by Crippen LogP contribution is -2.20. The van der Waals surface area contributed by atoms with E-state index in [1.54, 1.807) is 18.2 Å². The first-order valence-electron chi connectivity index (χ1n) is 10.2. The lowest BCUT2D eigenvalue weighted by Gasteiger charge is -2.20. The van der Waals surface area contributed by atoms with Gasteiger partial charge >= 0.3 is 0 Å². The fourth-order valence-electron chi connectivity index (χ4n) is 1.50. The predicted octanol–water partition coefficient (Wildman–Crippen LogP) is 2.09. The summed E-state index contributed by atoms with van der Waals surface area (Å²) in [5, 5.41) is 3.58. The SMILES string of the molecule is [2H]c1nn(C([2H])([2H])[2H])c(C(OC([2H])([2H])C([2H])([2H])N(C)C)c2ccccc2)c1[2H].